The van der Waals surface area contributed by atoms with E-state index in [-0.39, 0.29) is 0 Å². The number of aryl methyl sites for hydroxylation is 2. The summed E-state index contributed by atoms with van der Waals surface area (Å²) in [5, 5.41) is 0. The fourth-order valence-corrected chi connectivity index (χ4v) is 3.57. The van der Waals surface area contributed by atoms with Gasteiger partial charge in [0, 0.05) is 10.4 Å². The first kappa shape index (κ1) is 11.7. The molecule has 90 valence electrons. The van der Waals surface area contributed by atoms with Crippen LogP contribution in [0.4, 0.5) is 0 Å². The van der Waals surface area contributed by atoms with Gasteiger partial charge >= 0.3 is 0 Å². The van der Waals surface area contributed by atoms with Gasteiger partial charge in [0.15, 0.2) is 0 Å². The van der Waals surface area contributed by atoms with Gasteiger partial charge in [-0.05, 0) is 47.7 Å². The van der Waals surface area contributed by atoms with Crippen LogP contribution in [-0.2, 0) is 0 Å². The highest BCUT2D eigenvalue weighted by molar-refractivity contribution is 9.10. The molecule has 0 nitrogen and oxygen atoms in total. The van der Waals surface area contributed by atoms with Gasteiger partial charge in [0.1, 0.15) is 0 Å². The maximum absolute atomic E-state index is 3.72. The number of rotatable bonds is 1. The van der Waals surface area contributed by atoms with E-state index in [4.69, 9.17) is 0 Å². The highest BCUT2D eigenvalue weighted by atomic mass is 79.9. The van der Waals surface area contributed by atoms with Crippen LogP contribution in [-0.4, -0.2) is 0 Å². The van der Waals surface area contributed by atoms with Crippen molar-refractivity contribution >= 4 is 22.0 Å². The SMILES string of the molecule is Cc1cc(Br)c2c(c1)C=CC2c1ccccc1C. The average Bonchev–Trinajstić information content (AvgIpc) is 2.73. The van der Waals surface area contributed by atoms with E-state index in [2.05, 4.69) is 78.3 Å². The van der Waals surface area contributed by atoms with Gasteiger partial charge in [0.2, 0.25) is 0 Å². The highest BCUT2D eigenvalue weighted by Crippen LogP contribution is 2.41. The van der Waals surface area contributed by atoms with E-state index in [0.717, 1.165) is 0 Å². The fourth-order valence-electron chi connectivity index (χ4n) is 2.74. The molecule has 0 saturated carbocycles. The Hall–Kier alpha value is -1.34. The Kier molecular flexibility index (Phi) is 2.87. The molecule has 0 fully saturated rings. The third-order valence-electron chi connectivity index (χ3n) is 3.61. The number of benzene rings is 2. The molecule has 0 spiro atoms. The highest BCUT2D eigenvalue weighted by Gasteiger charge is 2.22. The summed E-state index contributed by atoms with van der Waals surface area (Å²) in [5.74, 6) is 0.385. The quantitative estimate of drug-likeness (QED) is 0.677. The summed E-state index contributed by atoms with van der Waals surface area (Å²) in [6.07, 6.45) is 4.54. The lowest BCUT2D eigenvalue weighted by Crippen LogP contribution is -1.99. The first-order valence-electron chi connectivity index (χ1n) is 6.20. The van der Waals surface area contributed by atoms with Gasteiger partial charge < -0.3 is 0 Å². The van der Waals surface area contributed by atoms with Gasteiger partial charge in [-0.25, -0.2) is 0 Å². The first-order chi connectivity index (χ1) is 8.66. The number of fused-ring (bicyclic) bond motifs is 1. The normalized spacial score (nSPS) is 16.9. The van der Waals surface area contributed by atoms with Crippen LogP contribution < -0.4 is 0 Å². The topological polar surface area (TPSA) is 0 Å². The zero-order chi connectivity index (χ0) is 12.7. The summed E-state index contributed by atoms with van der Waals surface area (Å²) in [4.78, 5) is 0. The second-order valence-electron chi connectivity index (χ2n) is 4.94. The molecule has 0 radical (unpaired) electrons. The van der Waals surface area contributed by atoms with Gasteiger partial charge in [0.25, 0.3) is 0 Å². The Morgan fingerprint density at radius 3 is 2.61 bits per heavy atom. The summed E-state index contributed by atoms with van der Waals surface area (Å²) in [6.45, 7) is 4.32. The molecular formula is C17H15Br. The van der Waals surface area contributed by atoms with Crippen molar-refractivity contribution in [2.75, 3.05) is 0 Å². The van der Waals surface area contributed by atoms with E-state index in [1.807, 2.05) is 0 Å². The average molecular weight is 299 g/mol. The van der Waals surface area contributed by atoms with E-state index >= 15 is 0 Å². The van der Waals surface area contributed by atoms with Gasteiger partial charge in [-0.1, -0.05) is 58.4 Å². The summed E-state index contributed by atoms with van der Waals surface area (Å²) in [5.41, 5.74) is 6.80. The number of halogens is 1. The zero-order valence-corrected chi connectivity index (χ0v) is 12.2. The molecule has 3 rings (SSSR count). The molecule has 1 atom stereocenters. The third kappa shape index (κ3) is 1.83. The van der Waals surface area contributed by atoms with Gasteiger partial charge in [-0.3, -0.25) is 0 Å². The summed E-state index contributed by atoms with van der Waals surface area (Å²) in [7, 11) is 0. The van der Waals surface area contributed by atoms with Crippen LogP contribution in [0.1, 0.15) is 33.7 Å². The molecule has 18 heavy (non-hydrogen) atoms. The van der Waals surface area contributed by atoms with Crippen LogP contribution >= 0.6 is 15.9 Å². The minimum Gasteiger partial charge on any atom is -0.0720 e. The van der Waals surface area contributed by atoms with Crippen molar-refractivity contribution in [3.63, 3.8) is 0 Å². The van der Waals surface area contributed by atoms with Gasteiger partial charge in [-0.2, -0.15) is 0 Å². The van der Waals surface area contributed by atoms with Crippen LogP contribution in [0, 0.1) is 13.8 Å². The summed E-state index contributed by atoms with van der Waals surface area (Å²) in [6, 6.07) is 13.1. The molecule has 1 heteroatoms. The number of hydrogen-bond acceptors (Lipinski definition) is 0. The van der Waals surface area contributed by atoms with E-state index in [1.165, 1.54) is 32.3 Å². The predicted molar refractivity (Wildman–Crippen MR) is 80.9 cm³/mol. The van der Waals surface area contributed by atoms with E-state index in [1.54, 1.807) is 0 Å². The Balaban J connectivity index is 2.17. The lowest BCUT2D eigenvalue weighted by atomic mass is 9.90. The Bertz CT molecular complexity index is 638. The summed E-state index contributed by atoms with van der Waals surface area (Å²) < 4.78 is 1.22. The van der Waals surface area contributed by atoms with Crippen molar-refractivity contribution in [2.24, 2.45) is 0 Å². The molecule has 0 heterocycles. The van der Waals surface area contributed by atoms with Crippen LogP contribution in [0.3, 0.4) is 0 Å². The zero-order valence-electron chi connectivity index (χ0n) is 10.6. The first-order valence-corrected chi connectivity index (χ1v) is 7.00. The Morgan fingerprint density at radius 2 is 1.83 bits per heavy atom. The fraction of sp³-hybridized carbons (Fsp3) is 0.176. The van der Waals surface area contributed by atoms with Crippen LogP contribution in [0.15, 0.2) is 46.9 Å². The molecule has 0 amide bonds. The Morgan fingerprint density at radius 1 is 1.06 bits per heavy atom. The monoisotopic (exact) mass is 298 g/mol. The predicted octanol–water partition coefficient (Wildman–Crippen LogP) is 5.22. The molecule has 0 saturated heterocycles. The van der Waals surface area contributed by atoms with Crippen molar-refractivity contribution in [2.45, 2.75) is 19.8 Å². The molecule has 0 aromatic heterocycles. The molecule has 1 aliphatic carbocycles. The molecular weight excluding hydrogens is 284 g/mol. The third-order valence-corrected chi connectivity index (χ3v) is 4.26. The van der Waals surface area contributed by atoms with E-state index in [9.17, 15) is 0 Å². The second-order valence-corrected chi connectivity index (χ2v) is 5.80. The standard InChI is InChI=1S/C17H15Br/c1-11-9-13-7-8-15(17(13)16(18)10-11)14-6-4-3-5-12(14)2/h3-10,15H,1-2H3. The summed E-state index contributed by atoms with van der Waals surface area (Å²) >= 11 is 3.72. The maximum Gasteiger partial charge on any atom is 0.0292 e. The number of allylic oxidation sites excluding steroid dienone is 1. The second kappa shape index (κ2) is 4.40. The largest absolute Gasteiger partial charge is 0.0720 e. The van der Waals surface area contributed by atoms with Crippen LogP contribution in [0.5, 0.6) is 0 Å². The van der Waals surface area contributed by atoms with Crippen molar-refractivity contribution in [3.05, 3.63) is 74.8 Å². The molecule has 1 aliphatic rings. The molecule has 2 aromatic carbocycles. The smallest absolute Gasteiger partial charge is 0.0292 e. The van der Waals surface area contributed by atoms with Crippen molar-refractivity contribution in [1.29, 1.82) is 0 Å². The van der Waals surface area contributed by atoms with Crippen molar-refractivity contribution in [3.8, 4) is 0 Å². The van der Waals surface area contributed by atoms with Crippen molar-refractivity contribution in [1.82, 2.24) is 0 Å². The lowest BCUT2D eigenvalue weighted by Gasteiger charge is -2.16. The van der Waals surface area contributed by atoms with Gasteiger partial charge in [-0.15, -0.1) is 0 Å². The Labute approximate surface area is 116 Å². The van der Waals surface area contributed by atoms with Crippen LogP contribution in [0.2, 0.25) is 0 Å². The molecule has 1 unspecified atom stereocenters. The van der Waals surface area contributed by atoms with Crippen molar-refractivity contribution < 1.29 is 0 Å². The minimum atomic E-state index is 0.385. The van der Waals surface area contributed by atoms with E-state index < -0.39 is 0 Å². The maximum atomic E-state index is 3.72. The van der Waals surface area contributed by atoms with Crippen LogP contribution in [0.25, 0.3) is 6.08 Å². The van der Waals surface area contributed by atoms with Gasteiger partial charge in [0.05, 0.1) is 0 Å². The molecule has 0 bridgehead atoms. The molecule has 0 aliphatic heterocycles. The van der Waals surface area contributed by atoms with E-state index in [0.29, 0.717) is 5.92 Å². The lowest BCUT2D eigenvalue weighted by molar-refractivity contribution is 1.02. The number of hydrogen-bond donors (Lipinski definition) is 0. The molecule has 2 aromatic rings. The molecule has 0 N–H and O–H groups in total. The minimum absolute atomic E-state index is 0.385.